The predicted molar refractivity (Wildman–Crippen MR) is 116 cm³/mol. The molecule has 0 aromatic rings. The summed E-state index contributed by atoms with van der Waals surface area (Å²) in [6, 6.07) is 0. The van der Waals surface area contributed by atoms with Gasteiger partial charge in [-0.25, -0.2) is 4.99 Å². The first-order chi connectivity index (χ1) is 12.6. The average molecular weight is 358 g/mol. The van der Waals surface area contributed by atoms with Crippen molar-refractivity contribution in [1.29, 1.82) is 0 Å². The highest BCUT2D eigenvalue weighted by molar-refractivity contribution is 5.78. The Morgan fingerprint density at radius 3 is 1.85 bits per heavy atom. The van der Waals surface area contributed by atoms with E-state index >= 15 is 0 Å². The summed E-state index contributed by atoms with van der Waals surface area (Å²) in [7, 11) is 0. The van der Waals surface area contributed by atoms with Gasteiger partial charge in [-0.2, -0.15) is 0 Å². The molecule has 0 atom stereocenters. The second-order valence-corrected chi connectivity index (χ2v) is 7.59. The van der Waals surface area contributed by atoms with Gasteiger partial charge in [0.25, 0.3) is 0 Å². The minimum absolute atomic E-state index is 0.0185. The zero-order chi connectivity index (χ0) is 18.9. The van der Waals surface area contributed by atoms with E-state index in [9.17, 15) is 0 Å². The van der Waals surface area contributed by atoms with Crippen LogP contribution in [-0.4, -0.2) is 18.0 Å². The van der Waals surface area contributed by atoms with E-state index in [0.717, 1.165) is 51.0 Å². The molecule has 0 fully saturated rings. The summed E-state index contributed by atoms with van der Waals surface area (Å²) in [6.45, 7) is 7.21. The van der Waals surface area contributed by atoms with E-state index in [1.54, 1.807) is 0 Å². The van der Waals surface area contributed by atoms with Gasteiger partial charge < -0.3 is 4.74 Å². The van der Waals surface area contributed by atoms with Gasteiger partial charge in [0.15, 0.2) is 5.90 Å². The first-order valence-electron chi connectivity index (χ1n) is 10.5. The summed E-state index contributed by atoms with van der Waals surface area (Å²) < 4.78 is 5.60. The second-order valence-electron chi connectivity index (χ2n) is 7.59. The maximum absolute atomic E-state index is 5.60. The highest BCUT2D eigenvalue weighted by atomic mass is 16.5. The van der Waals surface area contributed by atoms with Crippen LogP contribution in [0.2, 0.25) is 0 Å². The molecular formula is C24H39NO. The van der Waals surface area contributed by atoms with Crippen molar-refractivity contribution in [1.82, 2.24) is 0 Å². The van der Waals surface area contributed by atoms with Gasteiger partial charge >= 0.3 is 0 Å². The van der Waals surface area contributed by atoms with E-state index in [0.29, 0.717) is 0 Å². The van der Waals surface area contributed by atoms with E-state index in [4.69, 9.17) is 4.74 Å². The Bertz CT molecular complexity index is 494. The predicted octanol–water partition coefficient (Wildman–Crippen LogP) is 7.34. The minimum Gasteiger partial charge on any atom is -0.478 e. The molecular weight excluding hydrogens is 318 g/mol. The number of hydrogen-bond donors (Lipinski definition) is 0. The lowest BCUT2D eigenvalue weighted by molar-refractivity contribution is 0.273. The molecule has 0 radical (unpaired) electrons. The highest BCUT2D eigenvalue weighted by Gasteiger charge is 2.25. The molecule has 0 spiro atoms. The fraction of sp³-hybridized carbons (Fsp3) is 0.625. The largest absolute Gasteiger partial charge is 0.478 e. The fourth-order valence-electron chi connectivity index (χ4n) is 2.72. The summed E-state index contributed by atoms with van der Waals surface area (Å²) in [5.74, 6) is 0.936. The minimum atomic E-state index is -0.0185. The Balaban J connectivity index is 1.94. The summed E-state index contributed by atoms with van der Waals surface area (Å²) in [5.41, 5.74) is -0.0185. The molecule has 1 rings (SSSR count). The lowest BCUT2D eigenvalue weighted by Gasteiger charge is -2.07. The molecule has 0 bridgehead atoms. The van der Waals surface area contributed by atoms with Crippen molar-refractivity contribution < 1.29 is 4.74 Å². The molecule has 0 unspecified atom stereocenters. The molecule has 0 N–H and O–H groups in total. The van der Waals surface area contributed by atoms with Crippen LogP contribution in [0.1, 0.15) is 85.0 Å². The van der Waals surface area contributed by atoms with Crippen molar-refractivity contribution in [2.75, 3.05) is 6.61 Å². The number of hydrogen-bond acceptors (Lipinski definition) is 2. The Kier molecular flexibility index (Phi) is 12.6. The summed E-state index contributed by atoms with van der Waals surface area (Å²) in [4.78, 5) is 4.58. The summed E-state index contributed by atoms with van der Waals surface area (Å²) in [5, 5.41) is 0. The SMILES string of the molecule is CCCCC/C=C/C/C=C/C/C=C/C/C=C/CCCC1=NC(C)(C)CO1. The molecule has 0 saturated carbocycles. The Morgan fingerprint density at radius 2 is 1.35 bits per heavy atom. The number of nitrogens with zero attached hydrogens (tertiary/aromatic N) is 1. The van der Waals surface area contributed by atoms with Crippen molar-refractivity contribution in [3.05, 3.63) is 48.6 Å². The lowest BCUT2D eigenvalue weighted by Crippen LogP contribution is -2.17. The van der Waals surface area contributed by atoms with Crippen molar-refractivity contribution >= 4 is 5.90 Å². The molecule has 0 aliphatic carbocycles. The molecule has 0 amide bonds. The van der Waals surface area contributed by atoms with Crippen molar-refractivity contribution in [2.24, 2.45) is 4.99 Å². The van der Waals surface area contributed by atoms with Crippen LogP contribution >= 0.6 is 0 Å². The Morgan fingerprint density at radius 1 is 0.808 bits per heavy atom. The smallest absolute Gasteiger partial charge is 0.183 e. The first kappa shape index (κ1) is 22.5. The second kappa shape index (κ2) is 14.6. The third-order valence-electron chi connectivity index (χ3n) is 4.24. The molecule has 26 heavy (non-hydrogen) atoms. The van der Waals surface area contributed by atoms with Crippen LogP contribution in [0.3, 0.4) is 0 Å². The van der Waals surface area contributed by atoms with E-state index in [2.05, 4.69) is 74.4 Å². The van der Waals surface area contributed by atoms with Crippen LogP contribution in [0, 0.1) is 0 Å². The van der Waals surface area contributed by atoms with Crippen LogP contribution in [0.15, 0.2) is 53.6 Å². The number of unbranched alkanes of at least 4 members (excludes halogenated alkanes) is 4. The maximum atomic E-state index is 5.60. The van der Waals surface area contributed by atoms with Crippen LogP contribution in [0.5, 0.6) is 0 Å². The molecule has 1 aliphatic rings. The topological polar surface area (TPSA) is 21.6 Å². The van der Waals surface area contributed by atoms with Gasteiger partial charge in [-0.05, 0) is 58.8 Å². The van der Waals surface area contributed by atoms with Crippen LogP contribution in [0.4, 0.5) is 0 Å². The molecule has 2 heteroatoms. The van der Waals surface area contributed by atoms with Gasteiger partial charge in [0.1, 0.15) is 6.61 Å². The molecule has 0 aromatic carbocycles. The zero-order valence-corrected chi connectivity index (χ0v) is 17.3. The highest BCUT2D eigenvalue weighted by Crippen LogP contribution is 2.19. The summed E-state index contributed by atoms with van der Waals surface area (Å²) >= 11 is 0. The molecule has 2 nitrogen and oxygen atoms in total. The summed E-state index contributed by atoms with van der Waals surface area (Å²) in [6.07, 6.45) is 29.6. The monoisotopic (exact) mass is 357 g/mol. The number of ether oxygens (including phenoxy) is 1. The average Bonchev–Trinajstić information content (AvgIpc) is 2.96. The van der Waals surface area contributed by atoms with Crippen LogP contribution in [0.25, 0.3) is 0 Å². The third kappa shape index (κ3) is 12.7. The van der Waals surface area contributed by atoms with E-state index in [-0.39, 0.29) is 5.54 Å². The van der Waals surface area contributed by atoms with Gasteiger partial charge in [0, 0.05) is 6.42 Å². The Labute approximate surface area is 161 Å². The van der Waals surface area contributed by atoms with E-state index < -0.39 is 0 Å². The molecule has 1 heterocycles. The van der Waals surface area contributed by atoms with Gasteiger partial charge in [-0.1, -0.05) is 68.4 Å². The zero-order valence-electron chi connectivity index (χ0n) is 17.3. The van der Waals surface area contributed by atoms with Gasteiger partial charge in [-0.3, -0.25) is 0 Å². The van der Waals surface area contributed by atoms with E-state index in [1.807, 2.05) is 0 Å². The number of aliphatic imine (C=N–C) groups is 1. The first-order valence-corrected chi connectivity index (χ1v) is 10.5. The van der Waals surface area contributed by atoms with Gasteiger partial charge in [-0.15, -0.1) is 0 Å². The van der Waals surface area contributed by atoms with Crippen LogP contribution in [-0.2, 0) is 4.74 Å². The number of rotatable bonds is 14. The maximum Gasteiger partial charge on any atom is 0.183 e. The lowest BCUT2D eigenvalue weighted by atomic mass is 10.1. The molecule has 1 aliphatic heterocycles. The Hall–Kier alpha value is -1.57. The van der Waals surface area contributed by atoms with Crippen LogP contribution < -0.4 is 0 Å². The molecule has 0 aromatic heterocycles. The fourth-order valence-corrected chi connectivity index (χ4v) is 2.72. The molecule has 146 valence electrons. The third-order valence-corrected chi connectivity index (χ3v) is 4.24. The van der Waals surface area contributed by atoms with Crippen molar-refractivity contribution in [3.63, 3.8) is 0 Å². The van der Waals surface area contributed by atoms with Gasteiger partial charge in [0.2, 0.25) is 0 Å². The van der Waals surface area contributed by atoms with Crippen molar-refractivity contribution in [2.45, 2.75) is 90.5 Å². The van der Waals surface area contributed by atoms with E-state index in [1.165, 1.54) is 25.7 Å². The standard InChI is InChI=1S/C24H39NO/c1-4-5-6-7-8-9-10-11-12-13-14-15-16-17-18-19-20-21-23-25-24(2,3)22-26-23/h8-9,11-12,14-15,17-18H,4-7,10,13,16,19-22H2,1-3H3/b9-8+,12-11+,15-14+,18-17+. The quantitative estimate of drug-likeness (QED) is 0.235. The van der Waals surface area contributed by atoms with Gasteiger partial charge in [0.05, 0.1) is 5.54 Å². The molecule has 0 saturated heterocycles. The number of allylic oxidation sites excluding steroid dienone is 8. The van der Waals surface area contributed by atoms with Crippen molar-refractivity contribution in [3.8, 4) is 0 Å². The normalized spacial score (nSPS) is 17.1.